The predicted molar refractivity (Wildman–Crippen MR) is 107 cm³/mol. The van der Waals surface area contributed by atoms with Crippen molar-refractivity contribution in [1.82, 2.24) is 0 Å². The quantitative estimate of drug-likeness (QED) is 0.395. The van der Waals surface area contributed by atoms with Crippen LogP contribution in [-0.4, -0.2) is 9.85 Å². The van der Waals surface area contributed by atoms with Crippen molar-refractivity contribution in [3.05, 3.63) is 91.5 Å². The number of nitriles is 2. The lowest BCUT2D eigenvalue weighted by Gasteiger charge is -2.13. The predicted octanol–water partition coefficient (Wildman–Crippen LogP) is 5.14. The van der Waals surface area contributed by atoms with E-state index in [0.29, 0.717) is 5.56 Å². The normalized spacial score (nSPS) is 9.90. The summed E-state index contributed by atoms with van der Waals surface area (Å²) >= 11 is 0. The van der Waals surface area contributed by atoms with Gasteiger partial charge >= 0.3 is 11.4 Å². The molecule has 0 aliphatic carbocycles. The Hall–Kier alpha value is -4.96. The van der Waals surface area contributed by atoms with Gasteiger partial charge in [0, 0.05) is 17.7 Å². The molecule has 0 amide bonds. The molecule has 0 heterocycles. The summed E-state index contributed by atoms with van der Waals surface area (Å²) in [6.45, 7) is 1.62. The molecule has 0 unspecified atom stereocenters. The molecule has 3 aromatic carbocycles. The maximum Gasteiger partial charge on any atom is 0.312 e. The second-order valence-corrected chi connectivity index (χ2v) is 6.19. The van der Waals surface area contributed by atoms with Gasteiger partial charge < -0.3 is 9.47 Å². The standard InChI is InChI=1S/C21H12N4O6/c1-13-18(30-20-7-5-14(11-22)9-16(20)24(26)27)3-2-4-19(13)31-21-8-6-15(12-23)10-17(21)25(28)29/h2-10H,1H3. The van der Waals surface area contributed by atoms with Crippen LogP contribution in [0.2, 0.25) is 0 Å². The van der Waals surface area contributed by atoms with E-state index in [4.69, 9.17) is 20.0 Å². The fraction of sp³-hybridized carbons (Fsp3) is 0.0476. The fourth-order valence-electron chi connectivity index (χ4n) is 2.68. The Morgan fingerprint density at radius 2 is 1.16 bits per heavy atom. The Bertz CT molecular complexity index is 1190. The summed E-state index contributed by atoms with van der Waals surface area (Å²) in [6.07, 6.45) is 0. The van der Waals surface area contributed by atoms with Crippen LogP contribution in [0.5, 0.6) is 23.0 Å². The molecule has 0 fully saturated rings. The zero-order valence-electron chi connectivity index (χ0n) is 15.9. The van der Waals surface area contributed by atoms with Gasteiger partial charge in [-0.3, -0.25) is 20.2 Å². The summed E-state index contributed by atoms with van der Waals surface area (Å²) in [6, 6.07) is 15.9. The van der Waals surface area contributed by atoms with Gasteiger partial charge in [-0.1, -0.05) is 6.07 Å². The Balaban J connectivity index is 1.98. The van der Waals surface area contributed by atoms with Crippen molar-refractivity contribution in [1.29, 1.82) is 10.5 Å². The van der Waals surface area contributed by atoms with Crippen LogP contribution in [0.25, 0.3) is 0 Å². The third kappa shape index (κ3) is 4.39. The smallest absolute Gasteiger partial charge is 0.312 e. The zero-order valence-corrected chi connectivity index (χ0v) is 15.9. The number of hydrogen-bond donors (Lipinski definition) is 0. The van der Waals surface area contributed by atoms with Crippen LogP contribution in [-0.2, 0) is 0 Å². The van der Waals surface area contributed by atoms with Gasteiger partial charge in [0.15, 0.2) is 0 Å². The van der Waals surface area contributed by atoms with E-state index in [0.717, 1.165) is 12.1 Å². The number of nitro groups is 2. The summed E-state index contributed by atoms with van der Waals surface area (Å²) in [7, 11) is 0. The third-order valence-electron chi connectivity index (χ3n) is 4.24. The van der Waals surface area contributed by atoms with Gasteiger partial charge in [0.1, 0.15) is 11.5 Å². The average Bonchev–Trinajstić information content (AvgIpc) is 2.76. The van der Waals surface area contributed by atoms with Crippen LogP contribution in [0.4, 0.5) is 11.4 Å². The van der Waals surface area contributed by atoms with Crippen molar-refractivity contribution in [2.75, 3.05) is 0 Å². The maximum absolute atomic E-state index is 11.3. The lowest BCUT2D eigenvalue weighted by atomic mass is 10.1. The first-order valence-corrected chi connectivity index (χ1v) is 8.66. The average molecular weight is 416 g/mol. The summed E-state index contributed by atoms with van der Waals surface area (Å²) < 4.78 is 11.4. The van der Waals surface area contributed by atoms with E-state index in [1.54, 1.807) is 25.1 Å². The Labute approximate surface area is 175 Å². The van der Waals surface area contributed by atoms with Gasteiger partial charge in [-0.15, -0.1) is 0 Å². The Morgan fingerprint density at radius 3 is 1.52 bits per heavy atom. The van der Waals surface area contributed by atoms with E-state index in [1.807, 2.05) is 12.1 Å². The van der Waals surface area contributed by atoms with Crippen molar-refractivity contribution in [3.63, 3.8) is 0 Å². The molecule has 31 heavy (non-hydrogen) atoms. The summed E-state index contributed by atoms with van der Waals surface area (Å²) in [5.74, 6) is 0.297. The molecule has 0 aliphatic rings. The first-order chi connectivity index (χ1) is 14.8. The van der Waals surface area contributed by atoms with Crippen LogP contribution in [0, 0.1) is 49.8 Å². The van der Waals surface area contributed by atoms with Gasteiger partial charge in [0.25, 0.3) is 0 Å². The number of nitro benzene ring substituents is 2. The molecule has 3 aromatic rings. The topological polar surface area (TPSA) is 152 Å². The summed E-state index contributed by atoms with van der Waals surface area (Å²) in [4.78, 5) is 21.3. The van der Waals surface area contributed by atoms with Crippen molar-refractivity contribution < 1.29 is 19.3 Å². The molecule has 3 rings (SSSR count). The number of rotatable bonds is 6. The second-order valence-electron chi connectivity index (χ2n) is 6.19. The Kier molecular flexibility index (Phi) is 5.76. The van der Waals surface area contributed by atoms with Crippen LogP contribution in [0.15, 0.2) is 54.6 Å². The lowest BCUT2D eigenvalue weighted by Crippen LogP contribution is -1.98. The number of hydrogen-bond acceptors (Lipinski definition) is 8. The molecule has 0 atom stereocenters. The van der Waals surface area contributed by atoms with E-state index >= 15 is 0 Å². The van der Waals surface area contributed by atoms with Crippen molar-refractivity contribution in [3.8, 4) is 35.1 Å². The molecular weight excluding hydrogens is 404 g/mol. The van der Waals surface area contributed by atoms with Gasteiger partial charge in [-0.05, 0) is 43.3 Å². The summed E-state index contributed by atoms with van der Waals surface area (Å²) in [5, 5.41) is 40.6. The van der Waals surface area contributed by atoms with Crippen LogP contribution < -0.4 is 9.47 Å². The minimum absolute atomic E-state index is 0.0754. The molecule has 10 nitrogen and oxygen atoms in total. The molecule has 0 saturated heterocycles. The molecule has 10 heteroatoms. The molecule has 0 radical (unpaired) electrons. The van der Waals surface area contributed by atoms with Crippen molar-refractivity contribution in [2.24, 2.45) is 0 Å². The van der Waals surface area contributed by atoms with Crippen LogP contribution in [0.3, 0.4) is 0 Å². The van der Waals surface area contributed by atoms with E-state index in [-0.39, 0.29) is 45.5 Å². The minimum atomic E-state index is -0.661. The van der Waals surface area contributed by atoms with E-state index in [2.05, 4.69) is 0 Å². The van der Waals surface area contributed by atoms with Gasteiger partial charge in [0.2, 0.25) is 11.5 Å². The van der Waals surface area contributed by atoms with Crippen LogP contribution in [0.1, 0.15) is 16.7 Å². The molecule has 0 bridgehead atoms. The lowest BCUT2D eigenvalue weighted by molar-refractivity contribution is -0.385. The van der Waals surface area contributed by atoms with Gasteiger partial charge in [-0.25, -0.2) is 0 Å². The molecule has 0 aliphatic heterocycles. The summed E-state index contributed by atoms with van der Waals surface area (Å²) in [5.41, 5.74) is -0.109. The molecule has 0 spiro atoms. The highest BCUT2D eigenvalue weighted by Gasteiger charge is 2.21. The molecule has 0 N–H and O–H groups in total. The van der Waals surface area contributed by atoms with Crippen molar-refractivity contribution in [2.45, 2.75) is 6.92 Å². The second kappa shape index (κ2) is 8.59. The monoisotopic (exact) mass is 416 g/mol. The van der Waals surface area contributed by atoms with E-state index in [9.17, 15) is 20.2 Å². The van der Waals surface area contributed by atoms with Gasteiger partial charge in [-0.2, -0.15) is 10.5 Å². The third-order valence-corrected chi connectivity index (χ3v) is 4.24. The molecular formula is C21H12N4O6. The largest absolute Gasteiger partial charge is 0.450 e. The van der Waals surface area contributed by atoms with Gasteiger partial charge in [0.05, 0.1) is 33.1 Å². The fourth-order valence-corrected chi connectivity index (χ4v) is 2.68. The highest BCUT2D eigenvalue weighted by Crippen LogP contribution is 2.39. The number of nitrogens with zero attached hydrogens (tertiary/aromatic N) is 4. The number of benzene rings is 3. The maximum atomic E-state index is 11.3. The SMILES string of the molecule is Cc1c(Oc2ccc(C#N)cc2[N+](=O)[O-])cccc1Oc1ccc(C#N)cc1[N+](=O)[O-]. The number of ether oxygens (including phenoxy) is 2. The first-order valence-electron chi connectivity index (χ1n) is 8.66. The zero-order chi connectivity index (χ0) is 22.5. The minimum Gasteiger partial charge on any atom is -0.450 e. The first kappa shape index (κ1) is 20.8. The van der Waals surface area contributed by atoms with Crippen LogP contribution >= 0.6 is 0 Å². The Morgan fingerprint density at radius 1 is 0.742 bits per heavy atom. The highest BCUT2D eigenvalue weighted by molar-refractivity contribution is 5.57. The highest BCUT2D eigenvalue weighted by atomic mass is 16.6. The van der Waals surface area contributed by atoms with Crippen molar-refractivity contribution >= 4 is 11.4 Å². The molecule has 0 saturated carbocycles. The van der Waals surface area contributed by atoms with E-state index < -0.39 is 9.85 Å². The molecule has 152 valence electrons. The van der Waals surface area contributed by atoms with E-state index in [1.165, 1.54) is 24.3 Å². The molecule has 0 aromatic heterocycles.